The molecule has 0 bridgehead atoms. The molecule has 0 spiro atoms. The molecule has 0 saturated heterocycles. The van der Waals surface area contributed by atoms with E-state index in [0.29, 0.717) is 7.36 Å². The Hall–Kier alpha value is 1.17. The quantitative estimate of drug-likeness (QED) is 0.586. The maximum atomic E-state index is 6.26. The van der Waals surface area contributed by atoms with E-state index in [1.54, 1.807) is 0 Å². The molecule has 2 atom stereocenters. The van der Waals surface area contributed by atoms with Gasteiger partial charge in [0.05, 0.1) is 0 Å². The number of rotatable bonds is 2. The van der Waals surface area contributed by atoms with Crippen molar-refractivity contribution in [2.45, 2.75) is 72.4 Å². The van der Waals surface area contributed by atoms with Crippen LogP contribution in [-0.4, -0.2) is 16.7 Å². The lowest BCUT2D eigenvalue weighted by Gasteiger charge is -2.54. The van der Waals surface area contributed by atoms with E-state index in [1.807, 2.05) is 0 Å². The van der Waals surface area contributed by atoms with E-state index in [4.69, 9.17) is 23.6 Å². The second kappa shape index (κ2) is 5.18. The molecule has 0 amide bonds. The summed E-state index contributed by atoms with van der Waals surface area (Å²) in [7, 11) is 0.475. The molecule has 0 fully saturated rings. The van der Waals surface area contributed by atoms with E-state index in [1.165, 1.54) is 0 Å². The van der Waals surface area contributed by atoms with E-state index < -0.39 is 6.04 Å². The summed E-state index contributed by atoms with van der Waals surface area (Å²) in [5.41, 5.74) is 0.284. The molecule has 0 aromatic carbocycles. The van der Waals surface area contributed by atoms with E-state index in [0.717, 1.165) is 0 Å². The average molecular weight is 325 g/mol. The minimum absolute atomic E-state index is 0.0654. The van der Waals surface area contributed by atoms with Crippen LogP contribution in [0.1, 0.15) is 62.3 Å². The summed E-state index contributed by atoms with van der Waals surface area (Å²) in [6.07, 6.45) is 0. The molecule has 4 heteroatoms. The standard InChI is InChI=1S/C14H30P2S2/c1-11(2,3)14(15-17,12(4,5)6)16(10,18)13(7,8)9/h1-10H3/p+1. The van der Waals surface area contributed by atoms with Crippen molar-refractivity contribution in [2.24, 2.45) is 10.8 Å². The molecule has 18 heavy (non-hydrogen) atoms. The molecule has 2 unspecified atom stereocenters. The van der Waals surface area contributed by atoms with Crippen molar-refractivity contribution in [3.63, 3.8) is 0 Å². The molecule has 0 N–H and O–H groups in total. The van der Waals surface area contributed by atoms with Crippen LogP contribution in [0, 0.1) is 10.8 Å². The fourth-order valence-electron chi connectivity index (χ4n) is 3.30. The zero-order valence-electron chi connectivity index (χ0n) is 13.8. The van der Waals surface area contributed by atoms with Crippen molar-refractivity contribution >= 4 is 37.0 Å². The summed E-state index contributed by atoms with van der Waals surface area (Å²) in [4.78, 5) is 0.0654. The highest BCUT2D eigenvalue weighted by molar-refractivity contribution is 8.19. The molecule has 0 nitrogen and oxygen atoms in total. The molecule has 0 radical (unpaired) electrons. The lowest BCUT2D eigenvalue weighted by Crippen LogP contribution is -2.51. The van der Waals surface area contributed by atoms with Gasteiger partial charge < -0.3 is 0 Å². The predicted molar refractivity (Wildman–Crippen MR) is 97.3 cm³/mol. The highest BCUT2D eigenvalue weighted by Gasteiger charge is 2.65. The second-order valence-electron chi connectivity index (χ2n) is 8.41. The molecule has 0 aromatic heterocycles. The van der Waals surface area contributed by atoms with Gasteiger partial charge >= 0.3 is 0 Å². The van der Waals surface area contributed by atoms with E-state index >= 15 is 0 Å². The molecular weight excluding hydrogens is 294 g/mol. The third-order valence-corrected chi connectivity index (χ3v) is 17.2. The molecule has 0 rings (SSSR count). The van der Waals surface area contributed by atoms with Gasteiger partial charge in [-0.3, -0.25) is 0 Å². The Labute approximate surface area is 127 Å². The summed E-state index contributed by atoms with van der Waals surface area (Å²) >= 11 is 11.9. The van der Waals surface area contributed by atoms with Gasteiger partial charge in [-0.2, -0.15) is 0 Å². The van der Waals surface area contributed by atoms with Gasteiger partial charge in [-0.15, -0.1) is 0 Å². The SMILES string of the molecule is CC(C)(C)C([PH+]=S)(C(C)(C)C)P(C)(=S)C(C)(C)C. The van der Waals surface area contributed by atoms with Gasteiger partial charge in [0.2, 0.25) is 0 Å². The lowest BCUT2D eigenvalue weighted by molar-refractivity contribution is 0.212. The third-order valence-electron chi connectivity index (χ3n) is 4.24. The van der Waals surface area contributed by atoms with Crippen LogP contribution in [0.25, 0.3) is 0 Å². The largest absolute Gasteiger partial charge is 0.173 e. The monoisotopic (exact) mass is 325 g/mol. The first-order valence-electron chi connectivity index (χ1n) is 6.53. The minimum atomic E-state index is -1.62. The van der Waals surface area contributed by atoms with E-state index in [-0.39, 0.29) is 20.9 Å². The predicted octanol–water partition coefficient (Wildman–Crippen LogP) is 5.82. The molecule has 0 heterocycles. The number of hydrogen-bond donors (Lipinski definition) is 0. The van der Waals surface area contributed by atoms with Gasteiger partial charge in [-0.05, 0) is 11.8 Å². The van der Waals surface area contributed by atoms with Crippen LogP contribution >= 0.6 is 13.4 Å². The molecule has 0 aromatic rings. The van der Waals surface area contributed by atoms with E-state index in [2.05, 4.69) is 69.0 Å². The summed E-state index contributed by atoms with van der Waals surface area (Å²) in [6.45, 7) is 23.2. The first-order chi connectivity index (χ1) is 7.56. The van der Waals surface area contributed by atoms with Crippen molar-refractivity contribution in [3.05, 3.63) is 0 Å². The highest BCUT2D eigenvalue weighted by atomic mass is 32.5. The van der Waals surface area contributed by atoms with Crippen LogP contribution < -0.4 is 0 Å². The van der Waals surface area contributed by atoms with Gasteiger partial charge in [-0.1, -0.05) is 74.1 Å². The first-order valence-corrected chi connectivity index (χ1v) is 11.9. The Balaban J connectivity index is 6.47. The number of hydrogen-bond acceptors (Lipinski definition) is 2. The first kappa shape index (κ1) is 19.2. The lowest BCUT2D eigenvalue weighted by atomic mass is 9.76. The Morgan fingerprint density at radius 2 is 1.06 bits per heavy atom. The highest BCUT2D eigenvalue weighted by Crippen LogP contribution is 2.78. The van der Waals surface area contributed by atoms with Crippen molar-refractivity contribution in [1.82, 2.24) is 0 Å². The van der Waals surface area contributed by atoms with Crippen molar-refractivity contribution in [3.8, 4) is 0 Å². The fraction of sp³-hybridized carbons (Fsp3) is 1.00. The molecule has 0 aliphatic carbocycles. The van der Waals surface area contributed by atoms with Gasteiger partial charge in [0, 0.05) is 16.9 Å². The molecule has 108 valence electrons. The Bertz CT molecular complexity index is 351. The summed E-state index contributed by atoms with van der Waals surface area (Å²) in [5.74, 6) is 0. The third kappa shape index (κ3) is 2.78. The second-order valence-corrected chi connectivity index (χ2v) is 16.4. The van der Waals surface area contributed by atoms with Gasteiger partial charge in [0.1, 0.15) is 0 Å². The van der Waals surface area contributed by atoms with Crippen LogP contribution in [0.4, 0.5) is 0 Å². The smallest absolute Gasteiger partial charge is 0.0922 e. The summed E-state index contributed by atoms with van der Waals surface area (Å²) < 4.78 is 0. The Morgan fingerprint density at radius 3 is 1.11 bits per heavy atom. The summed E-state index contributed by atoms with van der Waals surface area (Å²) in [6, 6.07) is -1.62. The van der Waals surface area contributed by atoms with Crippen LogP contribution in [-0.2, 0) is 23.6 Å². The van der Waals surface area contributed by atoms with Crippen molar-refractivity contribution < 1.29 is 0 Å². The maximum Gasteiger partial charge on any atom is 0.173 e. The fourth-order valence-corrected chi connectivity index (χ4v) is 15.2. The van der Waals surface area contributed by atoms with Gasteiger partial charge in [-0.25, -0.2) is 0 Å². The molecule has 0 saturated carbocycles. The molecular formula is C14H31P2S2+. The van der Waals surface area contributed by atoms with Gasteiger partial charge in [0.15, 0.2) is 24.1 Å². The summed E-state index contributed by atoms with van der Waals surface area (Å²) in [5, 5.41) is 0.161. The minimum Gasteiger partial charge on any atom is -0.0922 e. The molecule has 0 aliphatic rings. The maximum absolute atomic E-state index is 6.26. The topological polar surface area (TPSA) is 0 Å². The van der Waals surface area contributed by atoms with Gasteiger partial charge in [0.25, 0.3) is 0 Å². The normalized spacial score (nSPS) is 18.8. The zero-order chi connectivity index (χ0) is 15.2. The average Bonchev–Trinajstić information content (AvgIpc) is 1.96. The van der Waals surface area contributed by atoms with E-state index in [9.17, 15) is 0 Å². The van der Waals surface area contributed by atoms with Crippen LogP contribution in [0.3, 0.4) is 0 Å². The van der Waals surface area contributed by atoms with Crippen LogP contribution in [0.2, 0.25) is 0 Å². The van der Waals surface area contributed by atoms with Crippen molar-refractivity contribution in [2.75, 3.05) is 6.66 Å². The van der Waals surface area contributed by atoms with Crippen molar-refractivity contribution in [1.29, 1.82) is 0 Å². The Morgan fingerprint density at radius 1 is 0.778 bits per heavy atom. The molecule has 0 aliphatic heterocycles. The zero-order valence-corrected chi connectivity index (χ0v) is 17.3. The van der Waals surface area contributed by atoms with Crippen LogP contribution in [0.15, 0.2) is 0 Å². The van der Waals surface area contributed by atoms with Crippen LogP contribution in [0.5, 0.6) is 0 Å². The Kier molecular flexibility index (Phi) is 5.51.